The van der Waals surface area contributed by atoms with Crippen LogP contribution in [0.4, 0.5) is 26.3 Å². The smallest absolute Gasteiger partial charge is 0.485 e. The predicted octanol–water partition coefficient (Wildman–Crippen LogP) is 10.8. The van der Waals surface area contributed by atoms with Crippen molar-refractivity contribution < 1.29 is 91.2 Å². The van der Waals surface area contributed by atoms with E-state index in [2.05, 4.69) is 97.2 Å². The zero-order valence-corrected chi connectivity index (χ0v) is 32.7. The van der Waals surface area contributed by atoms with Crippen molar-refractivity contribution in [2.75, 3.05) is 0 Å². The molecule has 4 aliphatic carbocycles. The summed E-state index contributed by atoms with van der Waals surface area (Å²) in [6, 6.07) is 0. The van der Waals surface area contributed by atoms with Crippen LogP contribution in [0.5, 0.6) is 0 Å². The van der Waals surface area contributed by atoms with E-state index in [9.17, 15) is 26.3 Å². The summed E-state index contributed by atoms with van der Waals surface area (Å²) >= 11 is 0. The van der Waals surface area contributed by atoms with Crippen LogP contribution in [0.25, 0.3) is 0 Å². The summed E-state index contributed by atoms with van der Waals surface area (Å²) < 4.78 is 118. The Morgan fingerprint density at radius 2 is 0.360 bits per heavy atom. The second-order valence-corrected chi connectivity index (χ2v) is 12.9. The first kappa shape index (κ1) is 55.3. The summed E-state index contributed by atoms with van der Waals surface area (Å²) in [5, 5.41) is 0. The average molecular weight is 937 g/mol. The molecule has 0 fully saturated rings. The number of halogens is 6. The molecular weight excluding hydrogens is 888 g/mol. The fourth-order valence-corrected chi connectivity index (χ4v) is 3.43. The summed E-state index contributed by atoms with van der Waals surface area (Å²) in [5.41, 5.74) is -11.3. The van der Waals surface area contributed by atoms with Gasteiger partial charge in [0.25, 0.3) is 0 Å². The van der Waals surface area contributed by atoms with Crippen LogP contribution in [0.1, 0.15) is 103 Å². The topological polar surface area (TPSA) is 114 Å². The Morgan fingerprint density at radius 3 is 0.400 bits per heavy atom. The summed E-state index contributed by atoms with van der Waals surface area (Å²) in [6.45, 7) is 0. The Hall–Kier alpha value is -1.43. The monoisotopic (exact) mass is 936 g/mol. The fraction of sp³-hybridized carbons (Fsp3) is 0.529. The van der Waals surface area contributed by atoms with Gasteiger partial charge < -0.3 is 9.11 Å². The summed E-state index contributed by atoms with van der Waals surface area (Å²) in [5.74, 6) is 0. The van der Waals surface area contributed by atoms with Gasteiger partial charge in [0.1, 0.15) is 0 Å². The van der Waals surface area contributed by atoms with E-state index in [1.165, 1.54) is 103 Å². The molecule has 0 aliphatic heterocycles. The maximum Gasteiger partial charge on any atom is 0.485 e. The van der Waals surface area contributed by atoms with E-state index in [0.29, 0.717) is 0 Å². The predicted molar refractivity (Wildman–Crippen MR) is 178 cm³/mol. The summed E-state index contributed by atoms with van der Waals surface area (Å²) in [7, 11) is -12.2. The number of alkyl halides is 6. The van der Waals surface area contributed by atoms with Gasteiger partial charge in [0.2, 0.25) is 0 Å². The molecule has 0 aromatic rings. The van der Waals surface area contributed by atoms with E-state index in [1.807, 2.05) is 0 Å². The van der Waals surface area contributed by atoms with E-state index in [4.69, 9.17) is 25.9 Å². The minimum absolute atomic E-state index is 0. The standard InChI is InChI=1S/4C8H12.2CHF3O3S.2Rh/c4*1-2-4-6-8-7-5-3-1;2*2-1(3,4)8(5,6)7;;/h4*1-2,7-8H,3-6H2;2*(H,5,6,7);;/p-2/b4*2-1-,8-7-;;;;. The van der Waals surface area contributed by atoms with Crippen molar-refractivity contribution in [1.29, 1.82) is 0 Å². The van der Waals surface area contributed by atoms with Gasteiger partial charge in [-0.2, -0.15) is 26.3 Å². The number of hydrogen-bond donors (Lipinski definition) is 0. The van der Waals surface area contributed by atoms with Crippen LogP contribution in [0.2, 0.25) is 0 Å². The summed E-state index contributed by atoms with van der Waals surface area (Å²) in [6.07, 6.45) is 56.0. The molecule has 0 spiro atoms. The van der Waals surface area contributed by atoms with Crippen LogP contribution < -0.4 is 0 Å². The Kier molecular flexibility index (Phi) is 38.3. The molecule has 0 saturated carbocycles. The molecule has 0 saturated heterocycles. The van der Waals surface area contributed by atoms with Gasteiger partial charge in [0, 0.05) is 39.0 Å². The number of allylic oxidation sites excluding steroid dienone is 16. The van der Waals surface area contributed by atoms with Gasteiger partial charge in [-0.1, -0.05) is 97.2 Å². The van der Waals surface area contributed by atoms with Crippen LogP contribution in [0.15, 0.2) is 97.2 Å². The third kappa shape index (κ3) is 41.0. The Labute approximate surface area is 320 Å². The third-order valence-corrected chi connectivity index (χ3v) is 7.03. The van der Waals surface area contributed by atoms with Crippen LogP contribution >= 0.6 is 0 Å². The second kappa shape index (κ2) is 34.6. The zero-order valence-electron chi connectivity index (χ0n) is 27.8. The molecule has 0 amide bonds. The van der Waals surface area contributed by atoms with Crippen molar-refractivity contribution in [2.45, 2.75) is 114 Å². The molecular formula is C34H48F6O6Rh2S2-2. The van der Waals surface area contributed by atoms with Crippen molar-refractivity contribution >= 4 is 20.2 Å². The van der Waals surface area contributed by atoms with Gasteiger partial charge in [-0.25, -0.2) is 16.8 Å². The minimum Gasteiger partial charge on any atom is -0.741 e. The molecule has 0 heterocycles. The van der Waals surface area contributed by atoms with Crippen LogP contribution in [-0.2, 0) is 59.2 Å². The van der Waals surface area contributed by atoms with Crippen molar-refractivity contribution in [3.63, 3.8) is 0 Å². The maximum atomic E-state index is 10.7. The zero-order chi connectivity index (χ0) is 36.6. The Bertz CT molecular complexity index is 1010. The van der Waals surface area contributed by atoms with Gasteiger partial charge in [-0.3, -0.25) is 0 Å². The first-order chi connectivity index (χ1) is 22.5. The average Bonchev–Trinajstić information content (AvgIpc) is 2.87. The van der Waals surface area contributed by atoms with Crippen molar-refractivity contribution in [1.82, 2.24) is 0 Å². The molecule has 50 heavy (non-hydrogen) atoms. The SMILES string of the molecule is C1=C\CC/C=C\CC/1.C1=C\CC/C=C\CC/1.C1=C\CC/C=C\CC/1.C1=C\CC/C=C\CC/1.O=S(=O)([O-])C(F)(F)F.O=S(=O)([O-])C(F)(F)F.[Rh].[Rh]. The molecule has 4 aliphatic rings. The van der Waals surface area contributed by atoms with E-state index in [-0.39, 0.29) is 39.0 Å². The van der Waals surface area contributed by atoms with E-state index in [1.54, 1.807) is 0 Å². The van der Waals surface area contributed by atoms with Crippen molar-refractivity contribution in [3.8, 4) is 0 Å². The molecule has 0 bridgehead atoms. The van der Waals surface area contributed by atoms with Crippen LogP contribution in [0.3, 0.4) is 0 Å². The van der Waals surface area contributed by atoms with Crippen molar-refractivity contribution in [3.05, 3.63) is 97.2 Å². The molecule has 294 valence electrons. The normalized spacial score (nSPS) is 22.4. The number of rotatable bonds is 0. The summed E-state index contributed by atoms with van der Waals surface area (Å²) in [4.78, 5) is 0. The van der Waals surface area contributed by atoms with Gasteiger partial charge >= 0.3 is 11.0 Å². The third-order valence-electron chi connectivity index (χ3n) is 5.90. The van der Waals surface area contributed by atoms with E-state index in [0.717, 1.165) is 0 Å². The quantitative estimate of drug-likeness (QED) is 0.0786. The number of hydrogen-bond acceptors (Lipinski definition) is 6. The Morgan fingerprint density at radius 1 is 0.300 bits per heavy atom. The molecule has 4 rings (SSSR count). The molecule has 6 nitrogen and oxygen atoms in total. The molecule has 2 radical (unpaired) electrons. The molecule has 0 aromatic carbocycles. The molecule has 0 atom stereocenters. The van der Waals surface area contributed by atoms with Gasteiger partial charge in [-0.05, 0) is 103 Å². The first-order valence-corrected chi connectivity index (χ1v) is 18.6. The first-order valence-electron chi connectivity index (χ1n) is 15.7. The maximum absolute atomic E-state index is 10.7. The van der Waals surface area contributed by atoms with Crippen LogP contribution in [0, 0.1) is 0 Å². The largest absolute Gasteiger partial charge is 0.741 e. The molecule has 0 N–H and O–H groups in total. The molecule has 16 heteroatoms. The van der Waals surface area contributed by atoms with Crippen LogP contribution in [-0.4, -0.2) is 37.0 Å². The van der Waals surface area contributed by atoms with Crippen molar-refractivity contribution in [2.24, 2.45) is 0 Å². The fourth-order valence-electron chi connectivity index (χ4n) is 3.43. The second-order valence-electron chi connectivity index (χ2n) is 10.2. The van der Waals surface area contributed by atoms with Gasteiger partial charge in [0.15, 0.2) is 20.2 Å². The van der Waals surface area contributed by atoms with Gasteiger partial charge in [-0.15, -0.1) is 0 Å². The Balaban J connectivity index is -0.000000252. The van der Waals surface area contributed by atoms with E-state index < -0.39 is 31.3 Å². The molecule has 0 aromatic heterocycles. The van der Waals surface area contributed by atoms with Gasteiger partial charge in [0.05, 0.1) is 0 Å². The van der Waals surface area contributed by atoms with E-state index >= 15 is 0 Å². The minimum atomic E-state index is -6.09. The molecule has 0 unspecified atom stereocenters.